The molecule has 0 atom stereocenters. The highest BCUT2D eigenvalue weighted by molar-refractivity contribution is 7.18. The second-order valence-electron chi connectivity index (χ2n) is 4.25. The van der Waals surface area contributed by atoms with E-state index >= 15 is 0 Å². The fraction of sp³-hybridized carbons (Fsp3) is 0. The molecule has 104 valence electrons. The lowest BCUT2D eigenvalue weighted by Crippen LogP contribution is -1.78. The first-order chi connectivity index (χ1) is 10.2. The molecule has 6 heteroatoms. The van der Waals surface area contributed by atoms with Crippen molar-refractivity contribution in [2.45, 2.75) is 0 Å². The van der Waals surface area contributed by atoms with Crippen molar-refractivity contribution in [2.75, 3.05) is 0 Å². The molecule has 0 amide bonds. The van der Waals surface area contributed by atoms with Crippen molar-refractivity contribution in [1.29, 1.82) is 0 Å². The number of phenolic OH excluding ortho intramolecular Hbond substituents is 1. The fourth-order valence-electron chi connectivity index (χ4n) is 1.67. The summed E-state index contributed by atoms with van der Waals surface area (Å²) in [6, 6.07) is 14.2. The van der Waals surface area contributed by atoms with Gasteiger partial charge in [-0.25, -0.2) is 4.99 Å². The average molecular weight is 316 g/mol. The predicted octanol–water partition coefficient (Wildman–Crippen LogP) is 4.31. The Balaban J connectivity index is 1.78. The zero-order valence-electron chi connectivity index (χ0n) is 10.8. The number of aromatic hydroxyl groups is 1. The lowest BCUT2D eigenvalue weighted by atomic mass is 10.2. The van der Waals surface area contributed by atoms with Crippen LogP contribution < -0.4 is 0 Å². The normalized spacial score (nSPS) is 11.1. The molecule has 1 N–H and O–H groups in total. The molecule has 0 aliphatic carbocycles. The molecule has 21 heavy (non-hydrogen) atoms. The highest BCUT2D eigenvalue weighted by Gasteiger charge is 2.05. The molecule has 3 rings (SSSR count). The first-order valence-corrected chi connectivity index (χ1v) is 7.33. The number of benzene rings is 2. The Morgan fingerprint density at radius 2 is 1.71 bits per heavy atom. The standard InChI is InChI=1S/C15H10ClN3OS/c16-12-5-3-11(4-6-12)14-18-19-15(21-14)17-9-10-1-7-13(20)8-2-10/h1-9,20H. The number of phenols is 1. The third-order valence-corrected chi connectivity index (χ3v) is 3.85. The molecular formula is C15H10ClN3OS. The second kappa shape index (κ2) is 6.03. The summed E-state index contributed by atoms with van der Waals surface area (Å²) >= 11 is 7.26. The Morgan fingerprint density at radius 1 is 1.00 bits per heavy atom. The monoisotopic (exact) mass is 315 g/mol. The summed E-state index contributed by atoms with van der Waals surface area (Å²) in [5.41, 5.74) is 1.85. The van der Waals surface area contributed by atoms with Gasteiger partial charge in [-0.3, -0.25) is 0 Å². The highest BCUT2D eigenvalue weighted by Crippen LogP contribution is 2.28. The van der Waals surface area contributed by atoms with Crippen LogP contribution in [0.3, 0.4) is 0 Å². The lowest BCUT2D eigenvalue weighted by Gasteiger charge is -1.94. The molecule has 0 saturated heterocycles. The molecule has 0 unspecified atom stereocenters. The Labute approximate surface area is 130 Å². The number of halogens is 1. The van der Waals surface area contributed by atoms with Crippen molar-refractivity contribution >= 4 is 34.3 Å². The molecule has 3 aromatic rings. The van der Waals surface area contributed by atoms with Crippen LogP contribution in [0.15, 0.2) is 53.5 Å². The summed E-state index contributed by atoms with van der Waals surface area (Å²) < 4.78 is 0. The van der Waals surface area contributed by atoms with Gasteiger partial charge in [-0.15, -0.1) is 10.2 Å². The smallest absolute Gasteiger partial charge is 0.231 e. The van der Waals surface area contributed by atoms with Gasteiger partial charge in [-0.1, -0.05) is 35.1 Å². The number of rotatable bonds is 3. The molecule has 0 fully saturated rings. The summed E-state index contributed by atoms with van der Waals surface area (Å²) in [7, 11) is 0. The van der Waals surface area contributed by atoms with E-state index in [2.05, 4.69) is 15.2 Å². The van der Waals surface area contributed by atoms with Crippen LogP contribution in [-0.2, 0) is 0 Å². The molecule has 0 radical (unpaired) electrons. The lowest BCUT2D eigenvalue weighted by molar-refractivity contribution is 0.475. The molecule has 0 aliphatic rings. The van der Waals surface area contributed by atoms with E-state index in [0.29, 0.717) is 10.2 Å². The quantitative estimate of drug-likeness (QED) is 0.732. The molecular weight excluding hydrogens is 306 g/mol. The van der Waals surface area contributed by atoms with Gasteiger partial charge in [-0.05, 0) is 42.0 Å². The molecule has 0 aliphatic heterocycles. The first kappa shape index (κ1) is 13.7. The third-order valence-electron chi connectivity index (χ3n) is 2.72. The van der Waals surface area contributed by atoms with Crippen LogP contribution >= 0.6 is 22.9 Å². The SMILES string of the molecule is Oc1ccc(C=Nc2nnc(-c3ccc(Cl)cc3)s2)cc1. The summed E-state index contributed by atoms with van der Waals surface area (Å²) in [5.74, 6) is 0.230. The minimum atomic E-state index is 0.230. The van der Waals surface area contributed by atoms with Gasteiger partial charge in [0.15, 0.2) is 0 Å². The van der Waals surface area contributed by atoms with Crippen molar-refractivity contribution in [3.8, 4) is 16.3 Å². The van der Waals surface area contributed by atoms with Gasteiger partial charge in [0.2, 0.25) is 5.13 Å². The third kappa shape index (κ3) is 3.45. The maximum absolute atomic E-state index is 9.22. The van der Waals surface area contributed by atoms with Gasteiger partial charge >= 0.3 is 0 Å². The molecule has 1 heterocycles. The van der Waals surface area contributed by atoms with Gasteiger partial charge in [0.1, 0.15) is 10.8 Å². The summed E-state index contributed by atoms with van der Waals surface area (Å²) in [5, 5.41) is 19.4. The predicted molar refractivity (Wildman–Crippen MR) is 85.7 cm³/mol. The Kier molecular flexibility index (Phi) is 3.94. The minimum Gasteiger partial charge on any atom is -0.508 e. The van der Waals surface area contributed by atoms with E-state index in [1.807, 2.05) is 24.3 Å². The molecule has 2 aromatic carbocycles. The van der Waals surface area contributed by atoms with Gasteiger partial charge in [0.25, 0.3) is 0 Å². The van der Waals surface area contributed by atoms with E-state index in [0.717, 1.165) is 16.1 Å². The Bertz CT molecular complexity index is 766. The van der Waals surface area contributed by atoms with Crippen LogP contribution in [0.5, 0.6) is 5.75 Å². The van der Waals surface area contributed by atoms with Gasteiger partial charge < -0.3 is 5.11 Å². The van der Waals surface area contributed by atoms with E-state index in [-0.39, 0.29) is 5.75 Å². The van der Waals surface area contributed by atoms with Crippen LogP contribution in [-0.4, -0.2) is 21.5 Å². The molecule has 0 saturated carbocycles. The van der Waals surface area contributed by atoms with Gasteiger partial charge in [-0.2, -0.15) is 0 Å². The van der Waals surface area contributed by atoms with Crippen molar-refractivity contribution in [3.05, 3.63) is 59.1 Å². The Morgan fingerprint density at radius 3 is 2.43 bits per heavy atom. The molecule has 1 aromatic heterocycles. The van der Waals surface area contributed by atoms with Crippen LogP contribution in [0.2, 0.25) is 5.02 Å². The number of nitrogens with zero attached hydrogens (tertiary/aromatic N) is 3. The van der Waals surface area contributed by atoms with E-state index in [4.69, 9.17) is 11.6 Å². The fourth-order valence-corrected chi connectivity index (χ4v) is 2.49. The number of aliphatic imine (C=N–C) groups is 1. The molecule has 4 nitrogen and oxygen atoms in total. The van der Waals surface area contributed by atoms with Crippen LogP contribution in [0.1, 0.15) is 5.56 Å². The van der Waals surface area contributed by atoms with Crippen molar-refractivity contribution in [2.24, 2.45) is 4.99 Å². The van der Waals surface area contributed by atoms with Crippen molar-refractivity contribution < 1.29 is 5.11 Å². The van der Waals surface area contributed by atoms with Gasteiger partial charge in [0, 0.05) is 16.8 Å². The maximum Gasteiger partial charge on any atom is 0.231 e. The number of aromatic nitrogens is 2. The van der Waals surface area contributed by atoms with Crippen LogP contribution in [0.25, 0.3) is 10.6 Å². The highest BCUT2D eigenvalue weighted by atomic mass is 35.5. The summed E-state index contributed by atoms with van der Waals surface area (Å²) in [6.45, 7) is 0. The largest absolute Gasteiger partial charge is 0.508 e. The van der Waals surface area contributed by atoms with E-state index in [1.54, 1.807) is 30.5 Å². The zero-order chi connectivity index (χ0) is 14.7. The topological polar surface area (TPSA) is 58.4 Å². The maximum atomic E-state index is 9.22. The summed E-state index contributed by atoms with van der Waals surface area (Å²) in [4.78, 5) is 4.28. The zero-order valence-corrected chi connectivity index (χ0v) is 12.3. The minimum absolute atomic E-state index is 0.230. The van der Waals surface area contributed by atoms with Crippen molar-refractivity contribution in [3.63, 3.8) is 0 Å². The second-order valence-corrected chi connectivity index (χ2v) is 5.64. The van der Waals surface area contributed by atoms with E-state index in [9.17, 15) is 5.11 Å². The number of hydrogen-bond acceptors (Lipinski definition) is 5. The van der Waals surface area contributed by atoms with Crippen LogP contribution in [0.4, 0.5) is 5.13 Å². The molecule has 0 bridgehead atoms. The van der Waals surface area contributed by atoms with E-state index < -0.39 is 0 Å². The average Bonchev–Trinajstić information content (AvgIpc) is 2.96. The van der Waals surface area contributed by atoms with Crippen molar-refractivity contribution in [1.82, 2.24) is 10.2 Å². The van der Waals surface area contributed by atoms with Gasteiger partial charge in [0.05, 0.1) is 0 Å². The number of hydrogen-bond donors (Lipinski definition) is 1. The van der Waals surface area contributed by atoms with Crippen LogP contribution in [0, 0.1) is 0 Å². The summed E-state index contributed by atoms with van der Waals surface area (Å²) in [6.07, 6.45) is 1.69. The van der Waals surface area contributed by atoms with E-state index in [1.165, 1.54) is 11.3 Å². The molecule has 0 spiro atoms. The first-order valence-electron chi connectivity index (χ1n) is 6.13. The Hall–Kier alpha value is -2.24.